The first-order valence-corrected chi connectivity index (χ1v) is 13.8. The molecule has 9 nitrogen and oxygen atoms in total. The Balaban J connectivity index is 1.39. The van der Waals surface area contributed by atoms with Crippen molar-refractivity contribution in [1.29, 1.82) is 0 Å². The number of rotatable bonds is 8. The van der Waals surface area contributed by atoms with E-state index in [9.17, 15) is 14.0 Å². The third-order valence-electron chi connectivity index (χ3n) is 7.27. The summed E-state index contributed by atoms with van der Waals surface area (Å²) in [6, 6.07) is 11.3. The highest BCUT2D eigenvalue weighted by molar-refractivity contribution is 6.03. The summed E-state index contributed by atoms with van der Waals surface area (Å²) in [5.41, 5.74) is 2.06. The number of ether oxygens (including phenoxy) is 3. The van der Waals surface area contributed by atoms with Crippen LogP contribution in [0.1, 0.15) is 50.8 Å². The predicted octanol–water partition coefficient (Wildman–Crippen LogP) is 3.83. The Morgan fingerprint density at radius 3 is 2.50 bits per heavy atom. The average Bonchev–Trinajstić information content (AvgIpc) is 3.58. The van der Waals surface area contributed by atoms with E-state index in [1.807, 2.05) is 39.0 Å². The normalized spacial score (nSPS) is 19.1. The summed E-state index contributed by atoms with van der Waals surface area (Å²) in [6.45, 7) is 10.2. The van der Waals surface area contributed by atoms with E-state index in [2.05, 4.69) is 4.90 Å². The van der Waals surface area contributed by atoms with E-state index in [0.717, 1.165) is 24.2 Å². The summed E-state index contributed by atoms with van der Waals surface area (Å²) < 4.78 is 30.1. The topological polar surface area (TPSA) is 83.9 Å². The second kappa shape index (κ2) is 11.9. The van der Waals surface area contributed by atoms with Gasteiger partial charge >= 0.3 is 0 Å². The van der Waals surface area contributed by atoms with Crippen molar-refractivity contribution in [3.05, 3.63) is 59.4 Å². The summed E-state index contributed by atoms with van der Waals surface area (Å²) in [5.74, 6) is 0.601. The molecule has 1 saturated heterocycles. The van der Waals surface area contributed by atoms with Gasteiger partial charge in [0.1, 0.15) is 12.4 Å². The zero-order valence-electron chi connectivity index (χ0n) is 23.4. The monoisotopic (exact) mass is 552 g/mol. The van der Waals surface area contributed by atoms with Crippen molar-refractivity contribution in [2.75, 3.05) is 52.7 Å². The molecule has 0 bridgehead atoms. The molecule has 1 atom stereocenters. The molecule has 3 aliphatic rings. The molecule has 0 N–H and O–H groups in total. The molecule has 1 fully saturated rings. The molecule has 10 heteroatoms. The van der Waals surface area contributed by atoms with Gasteiger partial charge in [0.25, 0.3) is 5.91 Å². The maximum Gasteiger partial charge on any atom is 0.262 e. The summed E-state index contributed by atoms with van der Waals surface area (Å²) in [6.07, 6.45) is 0.778. The molecule has 5 rings (SSSR count). The molecule has 0 radical (unpaired) electrons. The van der Waals surface area contributed by atoms with E-state index in [0.29, 0.717) is 56.4 Å². The first-order valence-electron chi connectivity index (χ1n) is 13.8. The highest BCUT2D eigenvalue weighted by Crippen LogP contribution is 2.39. The van der Waals surface area contributed by atoms with Crippen LogP contribution >= 0.6 is 0 Å². The lowest BCUT2D eigenvalue weighted by Crippen LogP contribution is -2.47. The molecule has 0 aliphatic carbocycles. The van der Waals surface area contributed by atoms with Gasteiger partial charge in [0.05, 0.1) is 25.0 Å². The fourth-order valence-corrected chi connectivity index (χ4v) is 5.12. The molecule has 3 aliphatic heterocycles. The van der Waals surface area contributed by atoms with Crippen LogP contribution in [0.4, 0.5) is 4.39 Å². The number of halogens is 1. The van der Waals surface area contributed by atoms with Crippen molar-refractivity contribution in [2.24, 2.45) is 10.5 Å². The van der Waals surface area contributed by atoms with Crippen molar-refractivity contribution in [1.82, 2.24) is 14.8 Å². The van der Waals surface area contributed by atoms with Crippen LogP contribution in [0, 0.1) is 11.2 Å². The van der Waals surface area contributed by atoms with E-state index >= 15 is 0 Å². The number of carbonyl (C=O) groups excluding carboxylic acids is 2. The Kier molecular flexibility index (Phi) is 8.37. The molecule has 2 amide bonds. The third kappa shape index (κ3) is 6.79. The van der Waals surface area contributed by atoms with Gasteiger partial charge in [0.15, 0.2) is 11.5 Å². The van der Waals surface area contributed by atoms with E-state index in [1.165, 1.54) is 17.1 Å². The van der Waals surface area contributed by atoms with Crippen molar-refractivity contribution < 1.29 is 28.2 Å². The summed E-state index contributed by atoms with van der Waals surface area (Å²) in [5, 5.41) is 6.19. The van der Waals surface area contributed by atoms with Crippen LogP contribution in [0.2, 0.25) is 0 Å². The SMILES string of the molecule is CC(C)(C)CC(=O)N(CCN1CCOCC1)CC(=O)N1N=C(c2ccc(F)cc2)CC1c1ccc2c(c1)OCO2. The van der Waals surface area contributed by atoms with Crippen LogP contribution in [-0.4, -0.2) is 85.1 Å². The second-order valence-corrected chi connectivity index (χ2v) is 11.6. The Bertz CT molecular complexity index is 1250. The van der Waals surface area contributed by atoms with Crippen LogP contribution in [0.25, 0.3) is 0 Å². The first kappa shape index (κ1) is 28.0. The molecule has 0 aromatic heterocycles. The number of hydrazone groups is 1. The van der Waals surface area contributed by atoms with Crippen LogP contribution in [0.3, 0.4) is 0 Å². The van der Waals surface area contributed by atoms with Gasteiger partial charge in [-0.1, -0.05) is 39.0 Å². The fourth-order valence-electron chi connectivity index (χ4n) is 5.12. The van der Waals surface area contributed by atoms with E-state index in [4.69, 9.17) is 19.3 Å². The number of benzene rings is 2. The number of fused-ring (bicyclic) bond motifs is 1. The smallest absolute Gasteiger partial charge is 0.262 e. The van der Waals surface area contributed by atoms with Crippen LogP contribution in [-0.2, 0) is 14.3 Å². The van der Waals surface area contributed by atoms with Gasteiger partial charge < -0.3 is 19.1 Å². The lowest BCUT2D eigenvalue weighted by Gasteiger charge is -2.32. The molecule has 40 heavy (non-hydrogen) atoms. The minimum absolute atomic E-state index is 0.0596. The molecule has 0 saturated carbocycles. The standard InChI is InChI=1S/C30H37FN4O5/c1-30(2,3)18-28(36)34(11-10-33-12-14-38-15-13-33)19-29(37)35-25(22-6-9-26-27(16-22)40-20-39-26)17-24(32-35)21-4-7-23(31)8-5-21/h4-9,16,25H,10-15,17-20H2,1-3H3. The highest BCUT2D eigenvalue weighted by atomic mass is 19.1. The number of morpholine rings is 1. The van der Waals surface area contributed by atoms with Crippen molar-refractivity contribution in [3.63, 3.8) is 0 Å². The molecular formula is C30H37FN4O5. The van der Waals surface area contributed by atoms with Crippen LogP contribution in [0.5, 0.6) is 11.5 Å². The fraction of sp³-hybridized carbons (Fsp3) is 0.500. The number of hydrogen-bond acceptors (Lipinski definition) is 7. The molecule has 0 spiro atoms. The zero-order valence-corrected chi connectivity index (χ0v) is 23.4. The van der Waals surface area contributed by atoms with Crippen LogP contribution < -0.4 is 9.47 Å². The molecule has 2 aromatic rings. The molecular weight excluding hydrogens is 515 g/mol. The number of amides is 2. The number of carbonyl (C=O) groups is 2. The molecule has 1 unspecified atom stereocenters. The van der Waals surface area contributed by atoms with Gasteiger partial charge in [-0.15, -0.1) is 0 Å². The van der Waals surface area contributed by atoms with Gasteiger partial charge in [-0.05, 0) is 40.8 Å². The van der Waals surface area contributed by atoms with Gasteiger partial charge in [0.2, 0.25) is 12.7 Å². The lowest BCUT2D eigenvalue weighted by molar-refractivity contribution is -0.142. The van der Waals surface area contributed by atoms with E-state index in [1.54, 1.807) is 17.0 Å². The summed E-state index contributed by atoms with van der Waals surface area (Å²) >= 11 is 0. The third-order valence-corrected chi connectivity index (χ3v) is 7.27. The van der Waals surface area contributed by atoms with Crippen molar-refractivity contribution in [3.8, 4) is 11.5 Å². The lowest BCUT2D eigenvalue weighted by atomic mass is 9.91. The minimum Gasteiger partial charge on any atom is -0.454 e. The molecule has 2 aromatic carbocycles. The van der Waals surface area contributed by atoms with Gasteiger partial charge in [-0.25, -0.2) is 9.40 Å². The molecule has 3 heterocycles. The van der Waals surface area contributed by atoms with E-state index in [-0.39, 0.29) is 36.4 Å². The van der Waals surface area contributed by atoms with Gasteiger partial charge in [-0.2, -0.15) is 5.10 Å². The molecule has 214 valence electrons. The Morgan fingerprint density at radius 2 is 1.77 bits per heavy atom. The maximum absolute atomic E-state index is 13.9. The Labute approximate surface area is 234 Å². The Hall–Kier alpha value is -3.50. The predicted molar refractivity (Wildman–Crippen MR) is 148 cm³/mol. The maximum atomic E-state index is 13.9. The first-order chi connectivity index (χ1) is 19.2. The largest absolute Gasteiger partial charge is 0.454 e. The Morgan fingerprint density at radius 1 is 1.05 bits per heavy atom. The number of hydrogen-bond donors (Lipinski definition) is 0. The highest BCUT2D eigenvalue weighted by Gasteiger charge is 2.35. The zero-order chi connectivity index (χ0) is 28.3. The summed E-state index contributed by atoms with van der Waals surface area (Å²) in [7, 11) is 0. The van der Waals surface area contributed by atoms with Gasteiger partial charge in [0, 0.05) is 39.0 Å². The summed E-state index contributed by atoms with van der Waals surface area (Å²) in [4.78, 5) is 31.2. The van der Waals surface area contributed by atoms with Crippen LogP contribution in [0.15, 0.2) is 47.6 Å². The van der Waals surface area contributed by atoms with Crippen molar-refractivity contribution >= 4 is 17.5 Å². The minimum atomic E-state index is -0.402. The van der Waals surface area contributed by atoms with Crippen molar-refractivity contribution in [2.45, 2.75) is 39.7 Å². The average molecular weight is 553 g/mol. The number of nitrogens with zero attached hydrogens (tertiary/aromatic N) is 4. The van der Waals surface area contributed by atoms with Gasteiger partial charge in [-0.3, -0.25) is 14.5 Å². The van der Waals surface area contributed by atoms with E-state index < -0.39 is 6.04 Å². The second-order valence-electron chi connectivity index (χ2n) is 11.6. The quantitative estimate of drug-likeness (QED) is 0.495.